The predicted molar refractivity (Wildman–Crippen MR) is 86.0 cm³/mol. The summed E-state index contributed by atoms with van der Waals surface area (Å²) in [5, 5.41) is 14.1. The number of benzene rings is 1. The molecule has 0 saturated carbocycles. The fraction of sp³-hybridized carbons (Fsp3) is 0.538. The summed E-state index contributed by atoms with van der Waals surface area (Å²) >= 11 is 0. The maximum absolute atomic E-state index is 12.5. The van der Waals surface area contributed by atoms with Crippen molar-refractivity contribution in [3.63, 3.8) is 0 Å². The number of nitro benzene ring substituents is 1. The van der Waals surface area contributed by atoms with Gasteiger partial charge in [0.1, 0.15) is 0 Å². The smallest absolute Gasteiger partial charge is 0.271 e. The van der Waals surface area contributed by atoms with Crippen LogP contribution in [0.1, 0.15) is 24.0 Å². The average molecular weight is 350 g/mol. The van der Waals surface area contributed by atoms with E-state index in [2.05, 4.69) is 10.0 Å². The van der Waals surface area contributed by atoms with Crippen molar-refractivity contribution in [2.45, 2.75) is 37.6 Å². The molecule has 7 nitrogen and oxygen atoms in total. The van der Waals surface area contributed by atoms with Crippen LogP contribution in [0.4, 0.5) is 5.69 Å². The molecule has 22 heavy (non-hydrogen) atoms. The molecule has 1 heterocycles. The van der Waals surface area contributed by atoms with Crippen LogP contribution in [-0.4, -0.2) is 32.5 Å². The van der Waals surface area contributed by atoms with E-state index in [0.29, 0.717) is 24.0 Å². The quantitative estimate of drug-likeness (QED) is 0.636. The van der Waals surface area contributed by atoms with Gasteiger partial charge in [-0.05, 0) is 50.9 Å². The molecule has 0 aliphatic carbocycles. The van der Waals surface area contributed by atoms with Crippen LogP contribution in [0.25, 0.3) is 0 Å². The van der Waals surface area contributed by atoms with Crippen molar-refractivity contribution in [1.29, 1.82) is 0 Å². The Kier molecular flexibility index (Phi) is 6.30. The minimum absolute atomic E-state index is 0. The highest BCUT2D eigenvalue weighted by Gasteiger charge is 2.26. The van der Waals surface area contributed by atoms with Gasteiger partial charge in [0, 0.05) is 18.2 Å². The van der Waals surface area contributed by atoms with Crippen molar-refractivity contribution >= 4 is 28.1 Å². The Bertz CT molecular complexity index is 657. The number of nitrogens with one attached hydrogen (secondary N) is 2. The van der Waals surface area contributed by atoms with Crippen LogP contribution in [0.2, 0.25) is 0 Å². The Balaban J connectivity index is 0.00000242. The number of nitro groups is 1. The van der Waals surface area contributed by atoms with E-state index in [4.69, 9.17) is 0 Å². The molecule has 2 rings (SSSR count). The molecule has 0 atom stereocenters. The fourth-order valence-electron chi connectivity index (χ4n) is 2.42. The molecule has 124 valence electrons. The van der Waals surface area contributed by atoms with E-state index in [1.165, 1.54) is 6.07 Å². The Labute approximate surface area is 136 Å². The lowest BCUT2D eigenvalue weighted by Crippen LogP contribution is -2.42. The maximum Gasteiger partial charge on any atom is 0.271 e. The molecule has 9 heteroatoms. The molecule has 1 fully saturated rings. The Morgan fingerprint density at radius 2 is 1.86 bits per heavy atom. The van der Waals surface area contributed by atoms with E-state index >= 15 is 0 Å². The third-order valence-corrected chi connectivity index (χ3v) is 5.41. The number of aryl methyl sites for hydroxylation is 1. The van der Waals surface area contributed by atoms with Crippen LogP contribution in [-0.2, 0) is 10.0 Å². The number of halogens is 1. The molecule has 0 radical (unpaired) electrons. The first-order valence-electron chi connectivity index (χ1n) is 6.80. The number of sulfonamides is 1. The summed E-state index contributed by atoms with van der Waals surface area (Å²) in [5.74, 6) is 0. The van der Waals surface area contributed by atoms with Gasteiger partial charge in [-0.3, -0.25) is 10.1 Å². The summed E-state index contributed by atoms with van der Waals surface area (Å²) in [5.41, 5.74) is 0.931. The van der Waals surface area contributed by atoms with Crippen LogP contribution in [0.5, 0.6) is 0 Å². The largest absolute Gasteiger partial charge is 0.317 e. The molecule has 1 aromatic rings. The minimum Gasteiger partial charge on any atom is -0.317 e. The summed E-state index contributed by atoms with van der Waals surface area (Å²) in [6.45, 7) is 4.86. The van der Waals surface area contributed by atoms with Crippen molar-refractivity contribution in [2.75, 3.05) is 13.1 Å². The molecular formula is C13H20ClN3O4S. The van der Waals surface area contributed by atoms with E-state index in [1.54, 1.807) is 13.8 Å². The molecular weight excluding hydrogens is 330 g/mol. The number of rotatable bonds is 4. The van der Waals surface area contributed by atoms with E-state index in [-0.39, 0.29) is 29.0 Å². The summed E-state index contributed by atoms with van der Waals surface area (Å²) in [6, 6.07) is 2.39. The predicted octanol–water partition coefficient (Wildman–Crippen LogP) is 1.66. The summed E-state index contributed by atoms with van der Waals surface area (Å²) in [6.07, 6.45) is 1.43. The standard InChI is InChI=1S/C13H19N3O4S.ClH/c1-9-7-12(16(17)18)8-13(10(9)2)21(19,20)15-11-3-5-14-6-4-11;/h7-8,11,14-15H,3-6H2,1-2H3;1H. The second-order valence-electron chi connectivity index (χ2n) is 5.29. The number of hydrogen-bond acceptors (Lipinski definition) is 5. The first kappa shape index (κ1) is 18.8. The van der Waals surface area contributed by atoms with Crippen LogP contribution < -0.4 is 10.0 Å². The van der Waals surface area contributed by atoms with Gasteiger partial charge in [-0.1, -0.05) is 0 Å². The second-order valence-corrected chi connectivity index (χ2v) is 6.97. The molecule has 2 N–H and O–H groups in total. The van der Waals surface area contributed by atoms with Gasteiger partial charge < -0.3 is 5.32 Å². The Morgan fingerprint density at radius 1 is 1.27 bits per heavy atom. The molecule has 1 aromatic carbocycles. The lowest BCUT2D eigenvalue weighted by molar-refractivity contribution is -0.385. The third kappa shape index (κ3) is 4.16. The van der Waals surface area contributed by atoms with Crippen LogP contribution in [0, 0.1) is 24.0 Å². The summed E-state index contributed by atoms with van der Waals surface area (Å²) < 4.78 is 27.6. The second kappa shape index (κ2) is 7.36. The van der Waals surface area contributed by atoms with Crippen LogP contribution in [0.15, 0.2) is 17.0 Å². The summed E-state index contributed by atoms with van der Waals surface area (Å²) in [7, 11) is -3.75. The van der Waals surface area contributed by atoms with Gasteiger partial charge in [0.15, 0.2) is 0 Å². The average Bonchev–Trinajstić information content (AvgIpc) is 2.41. The lowest BCUT2D eigenvalue weighted by atomic mass is 10.1. The monoisotopic (exact) mass is 349 g/mol. The number of hydrogen-bond donors (Lipinski definition) is 2. The first-order valence-corrected chi connectivity index (χ1v) is 8.28. The molecule has 0 spiro atoms. The van der Waals surface area contributed by atoms with E-state index in [9.17, 15) is 18.5 Å². The molecule has 0 bridgehead atoms. The number of non-ortho nitro benzene ring substituents is 1. The van der Waals surface area contributed by atoms with Crippen molar-refractivity contribution < 1.29 is 13.3 Å². The lowest BCUT2D eigenvalue weighted by Gasteiger charge is -2.24. The van der Waals surface area contributed by atoms with Gasteiger partial charge in [0.2, 0.25) is 10.0 Å². The SMILES string of the molecule is Cc1cc([N+](=O)[O-])cc(S(=O)(=O)NC2CCNCC2)c1C.Cl. The van der Waals surface area contributed by atoms with Gasteiger partial charge in [-0.2, -0.15) is 0 Å². The Morgan fingerprint density at radius 3 is 2.41 bits per heavy atom. The van der Waals surface area contributed by atoms with Crippen molar-refractivity contribution in [2.24, 2.45) is 0 Å². The molecule has 0 aromatic heterocycles. The number of nitrogens with zero attached hydrogens (tertiary/aromatic N) is 1. The highest BCUT2D eigenvalue weighted by molar-refractivity contribution is 7.89. The van der Waals surface area contributed by atoms with Gasteiger partial charge >= 0.3 is 0 Å². The van der Waals surface area contributed by atoms with Gasteiger partial charge in [0.05, 0.1) is 9.82 Å². The maximum atomic E-state index is 12.5. The van der Waals surface area contributed by atoms with Crippen molar-refractivity contribution in [3.8, 4) is 0 Å². The minimum atomic E-state index is -3.75. The van der Waals surface area contributed by atoms with Crippen LogP contribution in [0.3, 0.4) is 0 Å². The molecule has 1 aliphatic rings. The van der Waals surface area contributed by atoms with Gasteiger partial charge in [-0.25, -0.2) is 13.1 Å². The van der Waals surface area contributed by atoms with Gasteiger partial charge in [-0.15, -0.1) is 12.4 Å². The van der Waals surface area contributed by atoms with E-state index < -0.39 is 14.9 Å². The van der Waals surface area contributed by atoms with E-state index in [1.807, 2.05) is 0 Å². The topological polar surface area (TPSA) is 101 Å². The highest BCUT2D eigenvalue weighted by Crippen LogP contribution is 2.25. The van der Waals surface area contributed by atoms with Gasteiger partial charge in [0.25, 0.3) is 5.69 Å². The molecule has 1 aliphatic heterocycles. The fourth-order valence-corrected chi connectivity index (χ4v) is 4.06. The molecule has 0 unspecified atom stereocenters. The van der Waals surface area contributed by atoms with Crippen molar-refractivity contribution in [1.82, 2.24) is 10.0 Å². The molecule has 1 saturated heterocycles. The van der Waals surface area contributed by atoms with Crippen molar-refractivity contribution in [3.05, 3.63) is 33.4 Å². The highest BCUT2D eigenvalue weighted by atomic mass is 35.5. The molecule has 0 amide bonds. The normalized spacial score (nSPS) is 16.1. The zero-order valence-corrected chi connectivity index (χ0v) is 14.1. The van der Waals surface area contributed by atoms with Crippen LogP contribution >= 0.6 is 12.4 Å². The number of piperidine rings is 1. The van der Waals surface area contributed by atoms with E-state index in [0.717, 1.165) is 19.2 Å². The zero-order chi connectivity index (χ0) is 15.6. The zero-order valence-electron chi connectivity index (χ0n) is 12.5. The first-order chi connectivity index (χ1) is 9.81. The Hall–Kier alpha value is -1.22. The third-order valence-electron chi connectivity index (χ3n) is 3.77. The summed E-state index contributed by atoms with van der Waals surface area (Å²) in [4.78, 5) is 10.3.